The molecule has 30 heavy (non-hydrogen) atoms. The van der Waals surface area contributed by atoms with Crippen molar-refractivity contribution in [3.05, 3.63) is 56.6 Å². The Balaban J connectivity index is 0.00000450. The van der Waals surface area contributed by atoms with Gasteiger partial charge in [-0.1, -0.05) is 0 Å². The molecule has 12 nitrogen and oxygen atoms in total. The maximum Gasteiger partial charge on any atom is 1.00 e. The van der Waals surface area contributed by atoms with Crippen LogP contribution in [0.1, 0.15) is 13.8 Å². The van der Waals surface area contributed by atoms with Crippen molar-refractivity contribution in [3.63, 3.8) is 0 Å². The number of anilines is 1. The van der Waals surface area contributed by atoms with Gasteiger partial charge in [-0.2, -0.15) is 0 Å². The molecule has 2 rings (SSSR count). The van der Waals surface area contributed by atoms with Crippen LogP contribution >= 0.6 is 0 Å². The van der Waals surface area contributed by atoms with Crippen molar-refractivity contribution in [3.8, 4) is 0 Å². The van der Waals surface area contributed by atoms with Crippen molar-refractivity contribution >= 4 is 38.6 Å². The maximum atomic E-state index is 11.7. The third-order valence-electron chi connectivity index (χ3n) is 3.97. The summed E-state index contributed by atoms with van der Waals surface area (Å²) in [4.78, 5) is 21.4. The minimum atomic E-state index is -4.91. The minimum absolute atomic E-state index is 0. The summed E-state index contributed by atoms with van der Waals surface area (Å²) < 4.78 is 35.0. The molecule has 0 atom stereocenters. The molecule has 0 bridgehead atoms. The molecule has 0 saturated carbocycles. The molecule has 0 N–H and O–H groups in total. The summed E-state index contributed by atoms with van der Waals surface area (Å²) in [5.74, 6) is 0. The Kier molecular flexibility index (Phi) is 8.99. The molecule has 0 aromatic heterocycles. The van der Waals surface area contributed by atoms with Crippen LogP contribution < -0.4 is 34.5 Å². The number of hydrogen-bond acceptors (Lipinski definition) is 10. The number of nitro groups is 2. The number of rotatable bonds is 8. The molecule has 154 valence electrons. The molecular weight excluding hydrogens is 429 g/mol. The van der Waals surface area contributed by atoms with Crippen molar-refractivity contribution in [1.29, 1.82) is 0 Å². The van der Waals surface area contributed by atoms with E-state index in [9.17, 15) is 33.2 Å². The van der Waals surface area contributed by atoms with Crippen LogP contribution in [0, 0.1) is 20.2 Å². The van der Waals surface area contributed by atoms with Crippen molar-refractivity contribution in [1.82, 2.24) is 0 Å². The first-order chi connectivity index (χ1) is 13.6. The number of hydrogen-bond donors (Lipinski definition) is 0. The molecule has 0 unspecified atom stereocenters. The van der Waals surface area contributed by atoms with Gasteiger partial charge in [-0.15, -0.1) is 10.2 Å². The number of azo groups is 1. The van der Waals surface area contributed by atoms with Crippen molar-refractivity contribution in [2.24, 2.45) is 10.2 Å². The van der Waals surface area contributed by atoms with Crippen molar-refractivity contribution in [2.75, 3.05) is 18.0 Å². The summed E-state index contributed by atoms with van der Waals surface area (Å²) in [5.41, 5.74) is -1.34. The third kappa shape index (κ3) is 6.03. The van der Waals surface area contributed by atoms with Crippen LogP contribution in [0.25, 0.3) is 0 Å². The van der Waals surface area contributed by atoms with E-state index >= 15 is 0 Å². The number of non-ortho nitro benzene ring substituents is 1. The normalized spacial score (nSPS) is 11.2. The van der Waals surface area contributed by atoms with Gasteiger partial charge in [0.05, 0.1) is 20.8 Å². The molecule has 0 fully saturated rings. The minimum Gasteiger partial charge on any atom is -0.744 e. The van der Waals surface area contributed by atoms with Crippen LogP contribution in [0.3, 0.4) is 0 Å². The Hall–Kier alpha value is -2.45. The van der Waals surface area contributed by atoms with E-state index in [4.69, 9.17) is 0 Å². The molecule has 0 aliphatic carbocycles. The zero-order chi connectivity index (χ0) is 21.8. The quantitative estimate of drug-likeness (QED) is 0.187. The van der Waals surface area contributed by atoms with Crippen LogP contribution in [-0.2, 0) is 10.1 Å². The van der Waals surface area contributed by atoms with E-state index in [-0.39, 0.29) is 40.9 Å². The van der Waals surface area contributed by atoms with Gasteiger partial charge in [0.2, 0.25) is 0 Å². The van der Waals surface area contributed by atoms with Gasteiger partial charge in [-0.25, -0.2) is 8.42 Å². The van der Waals surface area contributed by atoms with E-state index in [1.54, 1.807) is 6.07 Å². The van der Waals surface area contributed by atoms with Crippen molar-refractivity contribution in [2.45, 2.75) is 18.7 Å². The fraction of sp³-hybridized carbons (Fsp3) is 0.250. The molecule has 0 aliphatic heterocycles. The zero-order valence-corrected chi connectivity index (χ0v) is 19.2. The second-order valence-electron chi connectivity index (χ2n) is 5.67. The topological polar surface area (TPSA) is 171 Å². The average Bonchev–Trinajstić information content (AvgIpc) is 2.66. The number of nitro benzene ring substituents is 2. The van der Waals surface area contributed by atoms with Gasteiger partial charge in [0.25, 0.3) is 5.69 Å². The van der Waals surface area contributed by atoms with E-state index in [2.05, 4.69) is 10.2 Å². The molecular formula is C16H16N5NaO7S. The summed E-state index contributed by atoms with van der Waals surface area (Å²) in [7, 11) is -4.91. The monoisotopic (exact) mass is 445 g/mol. The average molecular weight is 445 g/mol. The second kappa shape index (κ2) is 10.5. The van der Waals surface area contributed by atoms with E-state index < -0.39 is 36.2 Å². The number of benzene rings is 2. The molecule has 2 aromatic carbocycles. The fourth-order valence-electron chi connectivity index (χ4n) is 2.54. The van der Waals surface area contributed by atoms with Crippen LogP contribution in [0.5, 0.6) is 0 Å². The molecule has 0 aliphatic rings. The van der Waals surface area contributed by atoms with E-state index in [0.29, 0.717) is 24.8 Å². The first kappa shape index (κ1) is 25.6. The molecule has 0 radical (unpaired) electrons. The SMILES string of the molecule is CCN(CC)c1ccc(N=Nc2ccc([N+](=O)[O-])cc2[N+](=O)[O-])c(S(=O)(=O)[O-])c1.[Na+]. The Morgan fingerprint density at radius 2 is 1.50 bits per heavy atom. The molecule has 0 saturated heterocycles. The first-order valence-corrected chi connectivity index (χ1v) is 9.68. The Labute approximate surface area is 194 Å². The van der Waals surface area contributed by atoms with Gasteiger partial charge >= 0.3 is 35.2 Å². The maximum absolute atomic E-state index is 11.7. The van der Waals surface area contributed by atoms with Gasteiger partial charge in [-0.05, 0) is 38.1 Å². The van der Waals surface area contributed by atoms with Gasteiger partial charge in [-0.3, -0.25) is 20.2 Å². The van der Waals surface area contributed by atoms with E-state index in [0.717, 1.165) is 18.2 Å². The molecule has 2 aromatic rings. The fourth-order valence-corrected chi connectivity index (χ4v) is 3.17. The Morgan fingerprint density at radius 1 is 0.933 bits per heavy atom. The van der Waals surface area contributed by atoms with Crippen LogP contribution in [0.2, 0.25) is 0 Å². The predicted molar refractivity (Wildman–Crippen MR) is 102 cm³/mol. The van der Waals surface area contributed by atoms with Crippen molar-refractivity contribution < 1.29 is 52.4 Å². The summed E-state index contributed by atoms with van der Waals surface area (Å²) in [6.45, 7) is 4.86. The van der Waals surface area contributed by atoms with Crippen LogP contribution in [0.4, 0.5) is 28.4 Å². The predicted octanol–water partition coefficient (Wildman–Crippen LogP) is 0.673. The summed E-state index contributed by atoms with van der Waals surface area (Å²) in [6.07, 6.45) is 0. The first-order valence-electron chi connectivity index (χ1n) is 8.28. The molecule has 0 amide bonds. The molecule has 0 heterocycles. The molecule has 14 heteroatoms. The third-order valence-corrected chi connectivity index (χ3v) is 4.84. The summed E-state index contributed by atoms with van der Waals surface area (Å²) in [6, 6.07) is 6.68. The van der Waals surface area contributed by atoms with Gasteiger partial charge in [0, 0.05) is 24.8 Å². The summed E-state index contributed by atoms with van der Waals surface area (Å²) >= 11 is 0. The standard InChI is InChI=1S/C16H17N5O7S.Na/c1-3-19(4-2)11-5-8-14(16(10-11)29(26,27)28)18-17-13-7-6-12(20(22)23)9-15(13)21(24)25;/h5-10H,3-4H2,1-2H3,(H,26,27,28);/q;+1/p-1. The van der Waals surface area contributed by atoms with Gasteiger partial charge in [0.1, 0.15) is 15.8 Å². The van der Waals surface area contributed by atoms with E-state index in [1.807, 2.05) is 18.7 Å². The number of nitrogens with zero attached hydrogens (tertiary/aromatic N) is 5. The van der Waals surface area contributed by atoms with Crippen LogP contribution in [0.15, 0.2) is 51.5 Å². The van der Waals surface area contributed by atoms with E-state index in [1.165, 1.54) is 6.07 Å². The van der Waals surface area contributed by atoms with Gasteiger partial charge in [0.15, 0.2) is 5.69 Å². The smallest absolute Gasteiger partial charge is 0.744 e. The largest absolute Gasteiger partial charge is 1.00 e. The zero-order valence-electron chi connectivity index (χ0n) is 16.4. The van der Waals surface area contributed by atoms with Crippen LogP contribution in [-0.4, -0.2) is 35.9 Å². The molecule has 0 spiro atoms. The Morgan fingerprint density at radius 3 is 2.00 bits per heavy atom. The summed E-state index contributed by atoms with van der Waals surface area (Å²) in [5, 5.41) is 29.2. The van der Waals surface area contributed by atoms with Gasteiger partial charge < -0.3 is 9.45 Å². The Bertz CT molecular complexity index is 1090. The second-order valence-corrected chi connectivity index (χ2v) is 7.01.